The summed E-state index contributed by atoms with van der Waals surface area (Å²) < 4.78 is 1.92. The molecule has 0 fully saturated rings. The van der Waals surface area contributed by atoms with Gasteiger partial charge in [-0.3, -0.25) is 9.48 Å². The van der Waals surface area contributed by atoms with E-state index in [9.17, 15) is 15.0 Å². The Bertz CT molecular complexity index is 724. The van der Waals surface area contributed by atoms with Crippen molar-refractivity contribution in [2.24, 2.45) is 0 Å². The van der Waals surface area contributed by atoms with E-state index in [0.29, 0.717) is 12.0 Å². The molecule has 2 aromatic rings. The van der Waals surface area contributed by atoms with E-state index in [2.05, 4.69) is 10.4 Å². The van der Waals surface area contributed by atoms with E-state index in [1.807, 2.05) is 11.6 Å². The number of nitrogens with one attached hydrogen (secondary N) is 1. The van der Waals surface area contributed by atoms with Crippen LogP contribution in [0.25, 0.3) is 0 Å². The average molecular weight is 315 g/mol. The molecule has 1 aromatic carbocycles. The third-order valence-electron chi connectivity index (χ3n) is 4.19. The SMILES string of the molecule is C[C@@H](Cc1ccc(O)c(O)c1)NC(=O)c1cnn2c1CCCC2. The number of phenolic OH excluding ortho intramolecular Hbond substituents is 2. The number of carbonyl (C=O) groups excluding carboxylic acids is 1. The molecule has 1 atom stereocenters. The first-order valence-electron chi connectivity index (χ1n) is 7.91. The molecule has 0 radical (unpaired) electrons. The molecular weight excluding hydrogens is 294 g/mol. The van der Waals surface area contributed by atoms with Crippen molar-refractivity contribution in [1.29, 1.82) is 0 Å². The Morgan fingerprint density at radius 2 is 2.17 bits per heavy atom. The Hall–Kier alpha value is -2.50. The van der Waals surface area contributed by atoms with Gasteiger partial charge in [0, 0.05) is 12.6 Å². The molecule has 0 bridgehead atoms. The van der Waals surface area contributed by atoms with Crippen LogP contribution in [0.3, 0.4) is 0 Å². The highest BCUT2D eigenvalue weighted by Gasteiger charge is 2.20. The zero-order valence-electron chi connectivity index (χ0n) is 13.1. The predicted octanol–water partition coefficient (Wildman–Crippen LogP) is 1.99. The number of nitrogens with zero attached hydrogens (tertiary/aromatic N) is 2. The number of aryl methyl sites for hydroxylation is 1. The van der Waals surface area contributed by atoms with Crippen molar-refractivity contribution in [1.82, 2.24) is 15.1 Å². The van der Waals surface area contributed by atoms with Gasteiger partial charge in [-0.1, -0.05) is 6.07 Å². The topological polar surface area (TPSA) is 87.4 Å². The largest absolute Gasteiger partial charge is 0.504 e. The van der Waals surface area contributed by atoms with Crippen LogP contribution in [0.4, 0.5) is 0 Å². The smallest absolute Gasteiger partial charge is 0.254 e. The number of amides is 1. The highest BCUT2D eigenvalue weighted by atomic mass is 16.3. The Morgan fingerprint density at radius 3 is 2.96 bits per heavy atom. The predicted molar refractivity (Wildman–Crippen MR) is 85.6 cm³/mol. The molecule has 6 nitrogen and oxygen atoms in total. The summed E-state index contributed by atoms with van der Waals surface area (Å²) in [7, 11) is 0. The number of carbonyl (C=O) groups is 1. The lowest BCUT2D eigenvalue weighted by atomic mass is 10.0. The highest BCUT2D eigenvalue weighted by molar-refractivity contribution is 5.95. The number of fused-ring (bicyclic) bond motifs is 1. The summed E-state index contributed by atoms with van der Waals surface area (Å²) in [5, 5.41) is 26.1. The van der Waals surface area contributed by atoms with Crippen LogP contribution in [0, 0.1) is 0 Å². The number of aromatic hydroxyl groups is 2. The molecule has 0 unspecified atom stereocenters. The van der Waals surface area contributed by atoms with Gasteiger partial charge in [0.1, 0.15) is 0 Å². The monoisotopic (exact) mass is 315 g/mol. The van der Waals surface area contributed by atoms with Crippen LogP contribution in [-0.2, 0) is 19.4 Å². The van der Waals surface area contributed by atoms with Gasteiger partial charge in [-0.2, -0.15) is 5.10 Å². The summed E-state index contributed by atoms with van der Waals surface area (Å²) in [5.41, 5.74) is 2.53. The van der Waals surface area contributed by atoms with Crippen LogP contribution in [0.5, 0.6) is 11.5 Å². The molecular formula is C17H21N3O3. The van der Waals surface area contributed by atoms with E-state index >= 15 is 0 Å². The number of hydrogen-bond donors (Lipinski definition) is 3. The van der Waals surface area contributed by atoms with Gasteiger partial charge in [-0.15, -0.1) is 0 Å². The zero-order valence-corrected chi connectivity index (χ0v) is 13.1. The molecule has 0 saturated carbocycles. The maximum absolute atomic E-state index is 12.4. The minimum Gasteiger partial charge on any atom is -0.504 e. The third kappa shape index (κ3) is 3.31. The highest BCUT2D eigenvalue weighted by Crippen LogP contribution is 2.25. The molecule has 1 aliphatic heterocycles. The molecule has 0 spiro atoms. The molecule has 1 aromatic heterocycles. The maximum Gasteiger partial charge on any atom is 0.254 e. The van der Waals surface area contributed by atoms with Crippen LogP contribution in [0.2, 0.25) is 0 Å². The lowest BCUT2D eigenvalue weighted by Gasteiger charge is -2.17. The quantitative estimate of drug-likeness (QED) is 0.753. The van der Waals surface area contributed by atoms with E-state index in [0.717, 1.165) is 37.1 Å². The fourth-order valence-corrected chi connectivity index (χ4v) is 3.01. The second-order valence-corrected chi connectivity index (χ2v) is 6.09. The van der Waals surface area contributed by atoms with Crippen LogP contribution < -0.4 is 5.32 Å². The maximum atomic E-state index is 12.4. The lowest BCUT2D eigenvalue weighted by Crippen LogP contribution is -2.34. The molecule has 3 N–H and O–H groups in total. The van der Waals surface area contributed by atoms with Crippen LogP contribution >= 0.6 is 0 Å². The van der Waals surface area contributed by atoms with Crippen molar-refractivity contribution in [3.8, 4) is 11.5 Å². The van der Waals surface area contributed by atoms with Gasteiger partial charge in [0.25, 0.3) is 5.91 Å². The van der Waals surface area contributed by atoms with Crippen molar-refractivity contribution in [2.45, 2.75) is 45.2 Å². The Balaban J connectivity index is 1.65. The number of phenols is 2. The molecule has 122 valence electrons. The van der Waals surface area contributed by atoms with Crippen LogP contribution in [0.1, 0.15) is 41.4 Å². The molecule has 23 heavy (non-hydrogen) atoms. The first-order chi connectivity index (χ1) is 11.0. The van der Waals surface area contributed by atoms with Crippen LogP contribution in [-0.4, -0.2) is 31.9 Å². The van der Waals surface area contributed by atoms with E-state index < -0.39 is 0 Å². The minimum atomic E-state index is -0.147. The number of aromatic nitrogens is 2. The first-order valence-corrected chi connectivity index (χ1v) is 7.91. The van der Waals surface area contributed by atoms with E-state index in [-0.39, 0.29) is 23.4 Å². The molecule has 0 aliphatic carbocycles. The van der Waals surface area contributed by atoms with Crippen molar-refractivity contribution >= 4 is 5.91 Å². The molecule has 1 amide bonds. The fraction of sp³-hybridized carbons (Fsp3) is 0.412. The van der Waals surface area contributed by atoms with Gasteiger partial charge in [0.05, 0.1) is 17.5 Å². The van der Waals surface area contributed by atoms with E-state index in [1.165, 1.54) is 12.1 Å². The van der Waals surface area contributed by atoms with Gasteiger partial charge < -0.3 is 15.5 Å². The minimum absolute atomic E-state index is 0.0921. The van der Waals surface area contributed by atoms with Gasteiger partial charge in [0.15, 0.2) is 11.5 Å². The molecule has 3 rings (SSSR count). The molecule has 1 aliphatic rings. The van der Waals surface area contributed by atoms with Gasteiger partial charge >= 0.3 is 0 Å². The van der Waals surface area contributed by atoms with Crippen molar-refractivity contribution in [3.05, 3.63) is 41.2 Å². The van der Waals surface area contributed by atoms with E-state index in [1.54, 1.807) is 12.3 Å². The number of hydrogen-bond acceptors (Lipinski definition) is 4. The molecule has 2 heterocycles. The van der Waals surface area contributed by atoms with Crippen molar-refractivity contribution < 1.29 is 15.0 Å². The zero-order chi connectivity index (χ0) is 16.4. The first kappa shape index (κ1) is 15.4. The Labute approximate surface area is 134 Å². The summed E-state index contributed by atoms with van der Waals surface area (Å²) in [5.74, 6) is -0.396. The average Bonchev–Trinajstić information content (AvgIpc) is 2.95. The lowest BCUT2D eigenvalue weighted by molar-refractivity contribution is 0.0938. The number of rotatable bonds is 4. The summed E-state index contributed by atoms with van der Waals surface area (Å²) in [4.78, 5) is 12.4. The van der Waals surface area contributed by atoms with E-state index in [4.69, 9.17) is 0 Å². The van der Waals surface area contributed by atoms with Crippen LogP contribution in [0.15, 0.2) is 24.4 Å². The summed E-state index contributed by atoms with van der Waals surface area (Å²) in [6.07, 6.45) is 5.31. The number of benzene rings is 1. The normalized spacial score (nSPS) is 15.0. The summed E-state index contributed by atoms with van der Waals surface area (Å²) in [6, 6.07) is 4.61. The standard InChI is InChI=1S/C17H21N3O3/c1-11(8-12-5-6-15(21)16(22)9-12)19-17(23)13-10-18-20-7-3-2-4-14(13)20/h5-6,9-11,21-22H,2-4,7-8H2,1H3,(H,19,23)/t11-/m0/s1. The van der Waals surface area contributed by atoms with Crippen molar-refractivity contribution in [3.63, 3.8) is 0 Å². The Kier molecular flexibility index (Phi) is 4.23. The molecule has 6 heteroatoms. The van der Waals surface area contributed by atoms with Gasteiger partial charge in [0.2, 0.25) is 0 Å². The van der Waals surface area contributed by atoms with Gasteiger partial charge in [-0.25, -0.2) is 0 Å². The van der Waals surface area contributed by atoms with Crippen molar-refractivity contribution in [2.75, 3.05) is 0 Å². The summed E-state index contributed by atoms with van der Waals surface area (Å²) >= 11 is 0. The fourth-order valence-electron chi connectivity index (χ4n) is 3.01. The summed E-state index contributed by atoms with van der Waals surface area (Å²) in [6.45, 7) is 2.79. The third-order valence-corrected chi connectivity index (χ3v) is 4.19. The Morgan fingerprint density at radius 1 is 1.35 bits per heavy atom. The second kappa shape index (κ2) is 6.32. The van der Waals surface area contributed by atoms with Gasteiger partial charge in [-0.05, 0) is 50.3 Å². The second-order valence-electron chi connectivity index (χ2n) is 6.09. The molecule has 0 saturated heterocycles.